The van der Waals surface area contributed by atoms with E-state index in [4.69, 9.17) is 9.51 Å². The zero-order valence-corrected chi connectivity index (χ0v) is 19.2. The molecule has 1 saturated carbocycles. The summed E-state index contributed by atoms with van der Waals surface area (Å²) in [4.78, 5) is 18.1. The molecule has 4 aromatic rings. The molecule has 0 amide bonds. The lowest BCUT2D eigenvalue weighted by Gasteiger charge is -2.18. The number of anilines is 2. The summed E-state index contributed by atoms with van der Waals surface area (Å²) >= 11 is 0. The van der Waals surface area contributed by atoms with Gasteiger partial charge in [-0.15, -0.1) is 0 Å². The highest BCUT2D eigenvalue weighted by Gasteiger charge is 2.32. The molecule has 0 bridgehead atoms. The highest BCUT2D eigenvalue weighted by Crippen LogP contribution is 2.36. The Kier molecular flexibility index (Phi) is 4.48. The monoisotopic (exact) mass is 444 g/mol. The lowest BCUT2D eigenvalue weighted by Crippen LogP contribution is -2.23. The van der Waals surface area contributed by atoms with Crippen LogP contribution in [0.2, 0.25) is 0 Å². The Morgan fingerprint density at radius 1 is 1.12 bits per heavy atom. The maximum absolute atomic E-state index is 13.3. The molecule has 4 heterocycles. The molecule has 3 aromatic heterocycles. The van der Waals surface area contributed by atoms with Crippen LogP contribution in [0.1, 0.15) is 56.5 Å². The molecule has 0 atom stereocenters. The zero-order chi connectivity index (χ0) is 22.7. The lowest BCUT2D eigenvalue weighted by atomic mass is 9.93. The first kappa shape index (κ1) is 20.2. The molecule has 8 heteroatoms. The molecule has 2 aliphatic rings. The normalized spacial score (nSPS) is 16.2. The average Bonchev–Trinajstić information content (AvgIpc) is 3.42. The second-order valence-corrected chi connectivity index (χ2v) is 10.1. The van der Waals surface area contributed by atoms with Crippen molar-refractivity contribution in [2.45, 2.75) is 58.0 Å². The van der Waals surface area contributed by atoms with Gasteiger partial charge in [-0.25, -0.2) is 14.3 Å². The van der Waals surface area contributed by atoms with Crippen LogP contribution in [0.3, 0.4) is 0 Å². The molecule has 1 fully saturated rings. The Morgan fingerprint density at radius 2 is 1.97 bits per heavy atom. The highest BCUT2D eigenvalue weighted by atomic mass is 16.5. The summed E-state index contributed by atoms with van der Waals surface area (Å²) in [6.07, 6.45) is 2.98. The topological polar surface area (TPSA) is 89.9 Å². The summed E-state index contributed by atoms with van der Waals surface area (Å²) < 4.78 is 9.26. The molecule has 0 radical (unpaired) electrons. The van der Waals surface area contributed by atoms with E-state index in [1.165, 1.54) is 11.1 Å². The SMILES string of the molecule is CC(C)(C)c1cc(-n2c3nc(Nc4ccc5c(c4)CCNC5)ccc3c(=O)n2C2CC2)no1. The first-order valence-electron chi connectivity index (χ1n) is 11.6. The molecule has 0 unspecified atom stereocenters. The number of aromatic nitrogens is 4. The largest absolute Gasteiger partial charge is 0.359 e. The molecule has 6 rings (SSSR count). The van der Waals surface area contributed by atoms with Gasteiger partial charge in [-0.1, -0.05) is 32.0 Å². The number of rotatable bonds is 4. The van der Waals surface area contributed by atoms with Crippen LogP contribution < -0.4 is 16.2 Å². The minimum absolute atomic E-state index is 0.0341. The van der Waals surface area contributed by atoms with Crippen molar-refractivity contribution in [2.24, 2.45) is 0 Å². The van der Waals surface area contributed by atoms with Crippen LogP contribution in [0, 0.1) is 0 Å². The Hall–Kier alpha value is -3.39. The van der Waals surface area contributed by atoms with Gasteiger partial charge in [0, 0.05) is 23.7 Å². The van der Waals surface area contributed by atoms with Crippen molar-refractivity contribution in [3.63, 3.8) is 0 Å². The summed E-state index contributed by atoms with van der Waals surface area (Å²) in [5, 5.41) is 11.7. The fourth-order valence-corrected chi connectivity index (χ4v) is 4.45. The maximum atomic E-state index is 13.3. The van der Waals surface area contributed by atoms with Crippen LogP contribution in [0.25, 0.3) is 16.9 Å². The van der Waals surface area contributed by atoms with Crippen LogP contribution in [0.4, 0.5) is 11.5 Å². The predicted molar refractivity (Wildman–Crippen MR) is 127 cm³/mol. The average molecular weight is 445 g/mol. The summed E-state index contributed by atoms with van der Waals surface area (Å²) in [7, 11) is 0. The van der Waals surface area contributed by atoms with Crippen molar-refractivity contribution < 1.29 is 4.52 Å². The van der Waals surface area contributed by atoms with E-state index in [1.54, 1.807) is 4.68 Å². The Morgan fingerprint density at radius 3 is 2.73 bits per heavy atom. The van der Waals surface area contributed by atoms with Crippen LogP contribution in [-0.2, 0) is 18.4 Å². The van der Waals surface area contributed by atoms with Crippen molar-refractivity contribution in [3.8, 4) is 5.82 Å². The van der Waals surface area contributed by atoms with E-state index in [9.17, 15) is 4.79 Å². The summed E-state index contributed by atoms with van der Waals surface area (Å²) in [5.41, 5.74) is 4.07. The fraction of sp³-hybridized carbons (Fsp3) is 0.400. The van der Waals surface area contributed by atoms with Gasteiger partial charge in [-0.05, 0) is 61.2 Å². The van der Waals surface area contributed by atoms with Gasteiger partial charge in [0.15, 0.2) is 11.5 Å². The van der Waals surface area contributed by atoms with Crippen molar-refractivity contribution in [1.82, 2.24) is 24.8 Å². The Labute approximate surface area is 191 Å². The number of benzene rings is 1. The number of fused-ring (bicyclic) bond motifs is 2. The van der Waals surface area contributed by atoms with Gasteiger partial charge in [-0.3, -0.25) is 4.79 Å². The molecular weight excluding hydrogens is 416 g/mol. The number of nitrogens with zero attached hydrogens (tertiary/aromatic N) is 4. The van der Waals surface area contributed by atoms with Crippen LogP contribution >= 0.6 is 0 Å². The van der Waals surface area contributed by atoms with E-state index in [2.05, 4.69) is 54.8 Å². The molecule has 33 heavy (non-hydrogen) atoms. The van der Waals surface area contributed by atoms with Gasteiger partial charge in [0.25, 0.3) is 5.56 Å². The van der Waals surface area contributed by atoms with E-state index >= 15 is 0 Å². The molecule has 1 aliphatic carbocycles. The molecule has 2 N–H and O–H groups in total. The third-order valence-corrected chi connectivity index (χ3v) is 6.44. The van der Waals surface area contributed by atoms with E-state index in [0.29, 0.717) is 22.7 Å². The summed E-state index contributed by atoms with van der Waals surface area (Å²) in [5.74, 6) is 2.05. The van der Waals surface area contributed by atoms with Crippen molar-refractivity contribution in [2.75, 3.05) is 11.9 Å². The molecular formula is C25H28N6O2. The highest BCUT2D eigenvalue weighted by molar-refractivity contribution is 5.79. The second kappa shape index (κ2) is 7.31. The number of hydrogen-bond donors (Lipinski definition) is 2. The molecule has 0 spiro atoms. The third kappa shape index (κ3) is 3.54. The van der Waals surface area contributed by atoms with Gasteiger partial charge in [0.05, 0.1) is 11.4 Å². The van der Waals surface area contributed by atoms with Crippen molar-refractivity contribution >= 4 is 22.5 Å². The van der Waals surface area contributed by atoms with E-state index in [1.807, 2.05) is 22.9 Å². The van der Waals surface area contributed by atoms with Crippen LogP contribution in [0.15, 0.2) is 45.7 Å². The summed E-state index contributed by atoms with van der Waals surface area (Å²) in [6.45, 7) is 8.14. The van der Waals surface area contributed by atoms with Crippen molar-refractivity contribution in [1.29, 1.82) is 0 Å². The molecule has 8 nitrogen and oxygen atoms in total. The van der Waals surface area contributed by atoms with Crippen LogP contribution in [0.5, 0.6) is 0 Å². The van der Waals surface area contributed by atoms with Gasteiger partial charge >= 0.3 is 0 Å². The van der Waals surface area contributed by atoms with E-state index < -0.39 is 0 Å². The number of hydrogen-bond acceptors (Lipinski definition) is 6. The Balaban J connectivity index is 1.44. The van der Waals surface area contributed by atoms with Gasteiger partial charge in [0.2, 0.25) is 0 Å². The smallest absolute Gasteiger partial charge is 0.276 e. The first-order valence-corrected chi connectivity index (χ1v) is 11.6. The third-order valence-electron chi connectivity index (χ3n) is 6.44. The number of pyridine rings is 1. The van der Waals surface area contributed by atoms with Crippen LogP contribution in [-0.4, -0.2) is 26.0 Å². The minimum atomic E-state index is -0.180. The fourth-order valence-electron chi connectivity index (χ4n) is 4.45. The maximum Gasteiger partial charge on any atom is 0.276 e. The molecule has 0 saturated heterocycles. The molecule has 1 aromatic carbocycles. The summed E-state index contributed by atoms with van der Waals surface area (Å²) in [6, 6.07) is 12.2. The van der Waals surface area contributed by atoms with Crippen molar-refractivity contribution in [3.05, 3.63) is 63.6 Å². The van der Waals surface area contributed by atoms with Gasteiger partial charge in [-0.2, -0.15) is 0 Å². The van der Waals surface area contributed by atoms with E-state index in [-0.39, 0.29) is 17.0 Å². The Bertz CT molecular complexity index is 1420. The predicted octanol–water partition coefficient (Wildman–Crippen LogP) is 4.20. The minimum Gasteiger partial charge on any atom is -0.359 e. The molecule has 170 valence electrons. The lowest BCUT2D eigenvalue weighted by molar-refractivity contribution is 0.326. The zero-order valence-electron chi connectivity index (χ0n) is 19.2. The standard InChI is InChI=1S/C25H28N6O2/c1-25(2,3)20-13-22(29-33-20)31-23-19(24(32)30(31)18-6-7-18)8-9-21(28-23)27-17-5-4-16-14-26-11-10-15(16)12-17/h4-5,8-9,12-13,18,26H,6-7,10-11,14H2,1-3H3,(H,27,28). The number of nitrogens with one attached hydrogen (secondary N) is 2. The second-order valence-electron chi connectivity index (χ2n) is 10.1. The van der Waals surface area contributed by atoms with E-state index in [0.717, 1.165) is 43.8 Å². The van der Waals surface area contributed by atoms with Gasteiger partial charge in [0.1, 0.15) is 11.6 Å². The molecule has 1 aliphatic heterocycles. The first-order chi connectivity index (χ1) is 15.9. The quantitative estimate of drug-likeness (QED) is 0.490. The van der Waals surface area contributed by atoms with Gasteiger partial charge < -0.3 is 15.2 Å².